The van der Waals surface area contributed by atoms with Crippen LogP contribution in [-0.4, -0.2) is 61.2 Å². The molecule has 0 radical (unpaired) electrons. The summed E-state index contributed by atoms with van der Waals surface area (Å²) in [6, 6.07) is 13.4. The highest BCUT2D eigenvalue weighted by Gasteiger charge is 2.47. The number of benzene rings is 2. The van der Waals surface area contributed by atoms with Crippen molar-refractivity contribution in [3.8, 4) is 16.9 Å². The molecule has 1 amide bonds. The van der Waals surface area contributed by atoms with Crippen LogP contribution in [0.1, 0.15) is 44.7 Å². The van der Waals surface area contributed by atoms with Gasteiger partial charge in [0.25, 0.3) is 0 Å². The van der Waals surface area contributed by atoms with Crippen LogP contribution in [0, 0.1) is 0 Å². The third-order valence-electron chi connectivity index (χ3n) is 6.37. The third kappa shape index (κ3) is 5.55. The molecule has 1 saturated heterocycles. The van der Waals surface area contributed by atoms with E-state index >= 15 is 0 Å². The van der Waals surface area contributed by atoms with E-state index in [2.05, 4.69) is 0 Å². The molecule has 0 aliphatic carbocycles. The van der Waals surface area contributed by atoms with Crippen LogP contribution in [0.3, 0.4) is 0 Å². The zero-order valence-corrected chi connectivity index (χ0v) is 21.0. The van der Waals surface area contributed by atoms with Gasteiger partial charge in [-0.1, -0.05) is 30.3 Å². The van der Waals surface area contributed by atoms with Crippen molar-refractivity contribution >= 4 is 15.9 Å². The molecule has 2 aromatic carbocycles. The van der Waals surface area contributed by atoms with Gasteiger partial charge in [0.2, 0.25) is 0 Å². The molecule has 2 heterocycles. The summed E-state index contributed by atoms with van der Waals surface area (Å²) in [6.45, 7) is 6.48. The molecule has 1 spiro atoms. The van der Waals surface area contributed by atoms with E-state index in [4.69, 9.17) is 9.47 Å². The Morgan fingerprint density at radius 2 is 1.74 bits per heavy atom. The van der Waals surface area contributed by atoms with Crippen LogP contribution < -0.4 is 4.74 Å². The first-order valence-corrected chi connectivity index (χ1v) is 13.6. The molecule has 4 rings (SSSR count). The van der Waals surface area contributed by atoms with Gasteiger partial charge in [0.1, 0.15) is 17.0 Å². The molecule has 2 aliphatic rings. The Balaban J connectivity index is 1.46. The highest BCUT2D eigenvalue weighted by molar-refractivity contribution is 7.89. The second kappa shape index (κ2) is 8.89. The standard InChI is InChI=1S/C26H33NO6S/c1-25(2,3)33-24(29)27-13-11-26(12-14-27)23(28)16-21-15-20(9-10-22(21)32-26)19-7-5-18(6-8-19)17-34(4,30)31/h5-10,15,23,28H,11-14,16-17H2,1-4H3. The van der Waals surface area contributed by atoms with E-state index < -0.39 is 27.1 Å². The second-order valence-corrected chi connectivity index (χ2v) is 12.6. The molecule has 1 N–H and O–H groups in total. The molecule has 0 saturated carbocycles. The van der Waals surface area contributed by atoms with E-state index in [1.165, 1.54) is 6.26 Å². The summed E-state index contributed by atoms with van der Waals surface area (Å²) in [6.07, 6.45) is 1.77. The topological polar surface area (TPSA) is 93.1 Å². The maximum atomic E-state index is 12.4. The Bertz CT molecular complexity index is 1160. The van der Waals surface area contributed by atoms with E-state index in [0.717, 1.165) is 28.0 Å². The van der Waals surface area contributed by atoms with Gasteiger partial charge in [-0.3, -0.25) is 0 Å². The first-order chi connectivity index (χ1) is 15.8. The molecule has 34 heavy (non-hydrogen) atoms. The SMILES string of the molecule is CC(C)(C)OC(=O)N1CCC2(CC1)Oc1ccc(-c3ccc(CS(C)(=O)=O)cc3)cc1CC2O. The Labute approximate surface area is 201 Å². The molecule has 2 aliphatic heterocycles. The van der Waals surface area contributed by atoms with E-state index in [9.17, 15) is 18.3 Å². The zero-order valence-electron chi connectivity index (χ0n) is 20.2. The van der Waals surface area contributed by atoms with E-state index in [0.29, 0.717) is 32.4 Å². The molecule has 184 valence electrons. The van der Waals surface area contributed by atoms with Crippen molar-refractivity contribution in [1.29, 1.82) is 0 Å². The first kappa shape index (κ1) is 24.5. The highest BCUT2D eigenvalue weighted by atomic mass is 32.2. The van der Waals surface area contributed by atoms with Crippen LogP contribution in [0.2, 0.25) is 0 Å². The number of rotatable bonds is 3. The van der Waals surface area contributed by atoms with Crippen molar-refractivity contribution in [1.82, 2.24) is 4.90 Å². The van der Waals surface area contributed by atoms with Crippen LogP contribution >= 0.6 is 0 Å². The molecular formula is C26H33NO6S. The van der Waals surface area contributed by atoms with Gasteiger partial charge >= 0.3 is 6.09 Å². The summed E-state index contributed by atoms with van der Waals surface area (Å²) in [7, 11) is -3.08. The number of nitrogens with zero attached hydrogens (tertiary/aromatic N) is 1. The number of ether oxygens (including phenoxy) is 2. The minimum absolute atomic E-state index is 0.0188. The summed E-state index contributed by atoms with van der Waals surface area (Å²) < 4.78 is 34.9. The normalized spacial score (nSPS) is 19.9. The number of carbonyl (C=O) groups excluding carboxylic acids is 1. The molecule has 0 aromatic heterocycles. The van der Waals surface area contributed by atoms with Crippen molar-refractivity contribution in [2.75, 3.05) is 19.3 Å². The number of sulfone groups is 1. The molecular weight excluding hydrogens is 454 g/mol. The van der Waals surface area contributed by atoms with Crippen molar-refractivity contribution in [3.05, 3.63) is 53.6 Å². The number of likely N-dealkylation sites (tertiary alicyclic amines) is 1. The summed E-state index contributed by atoms with van der Waals surface area (Å²) >= 11 is 0. The summed E-state index contributed by atoms with van der Waals surface area (Å²) in [5.74, 6) is 0.777. The third-order valence-corrected chi connectivity index (χ3v) is 7.23. The predicted octanol–water partition coefficient (Wildman–Crippen LogP) is 3.96. The minimum atomic E-state index is -3.08. The number of piperidine rings is 1. The maximum absolute atomic E-state index is 12.4. The number of aliphatic hydroxyl groups is 1. The number of aliphatic hydroxyl groups excluding tert-OH is 1. The molecule has 7 nitrogen and oxygen atoms in total. The maximum Gasteiger partial charge on any atom is 0.410 e. The quantitative estimate of drug-likeness (QED) is 0.704. The lowest BCUT2D eigenvalue weighted by atomic mass is 9.80. The average Bonchev–Trinajstić information content (AvgIpc) is 2.73. The van der Waals surface area contributed by atoms with Gasteiger partial charge in [-0.2, -0.15) is 0 Å². The molecule has 1 fully saturated rings. The van der Waals surface area contributed by atoms with Gasteiger partial charge in [0, 0.05) is 38.6 Å². The van der Waals surface area contributed by atoms with Crippen LogP contribution in [-0.2, 0) is 26.7 Å². The van der Waals surface area contributed by atoms with Crippen molar-refractivity contribution in [2.24, 2.45) is 0 Å². The fourth-order valence-electron chi connectivity index (χ4n) is 4.63. The van der Waals surface area contributed by atoms with Gasteiger partial charge < -0.3 is 19.5 Å². The average molecular weight is 488 g/mol. The lowest BCUT2D eigenvalue weighted by Crippen LogP contribution is -2.58. The second-order valence-electron chi connectivity index (χ2n) is 10.4. The summed E-state index contributed by atoms with van der Waals surface area (Å²) in [4.78, 5) is 14.1. The lowest BCUT2D eigenvalue weighted by Gasteiger charge is -2.47. The lowest BCUT2D eigenvalue weighted by molar-refractivity contribution is -0.0999. The first-order valence-electron chi connectivity index (χ1n) is 11.6. The highest BCUT2D eigenvalue weighted by Crippen LogP contribution is 2.41. The molecule has 1 unspecified atom stereocenters. The summed E-state index contributed by atoms with van der Waals surface area (Å²) in [5.41, 5.74) is 2.39. The number of hydrogen-bond donors (Lipinski definition) is 1. The molecule has 2 aromatic rings. The Morgan fingerprint density at radius 1 is 1.12 bits per heavy atom. The number of fused-ring (bicyclic) bond motifs is 1. The zero-order chi connectivity index (χ0) is 24.7. The Kier molecular flexibility index (Phi) is 6.42. The number of hydrogen-bond acceptors (Lipinski definition) is 6. The fourth-order valence-corrected chi connectivity index (χ4v) is 5.42. The van der Waals surface area contributed by atoms with Crippen LogP contribution in [0.4, 0.5) is 4.79 Å². The molecule has 0 bridgehead atoms. The van der Waals surface area contributed by atoms with Crippen LogP contribution in [0.15, 0.2) is 42.5 Å². The van der Waals surface area contributed by atoms with Gasteiger partial charge in [-0.15, -0.1) is 0 Å². The predicted molar refractivity (Wildman–Crippen MR) is 131 cm³/mol. The minimum Gasteiger partial charge on any atom is -0.484 e. The van der Waals surface area contributed by atoms with Gasteiger partial charge in [0.05, 0.1) is 11.9 Å². The smallest absolute Gasteiger partial charge is 0.410 e. The van der Waals surface area contributed by atoms with Gasteiger partial charge in [0.15, 0.2) is 9.84 Å². The van der Waals surface area contributed by atoms with Gasteiger partial charge in [-0.25, -0.2) is 13.2 Å². The number of amides is 1. The van der Waals surface area contributed by atoms with Crippen LogP contribution in [0.25, 0.3) is 11.1 Å². The van der Waals surface area contributed by atoms with E-state index in [-0.39, 0.29) is 11.8 Å². The van der Waals surface area contributed by atoms with Crippen molar-refractivity contribution < 1.29 is 27.8 Å². The van der Waals surface area contributed by atoms with E-state index in [1.54, 1.807) is 4.90 Å². The Morgan fingerprint density at radius 3 is 2.32 bits per heavy atom. The monoisotopic (exact) mass is 487 g/mol. The molecule has 8 heteroatoms. The summed E-state index contributed by atoms with van der Waals surface area (Å²) in [5, 5.41) is 11.0. The van der Waals surface area contributed by atoms with Gasteiger partial charge in [-0.05, 0) is 55.2 Å². The Hall–Kier alpha value is -2.58. The largest absolute Gasteiger partial charge is 0.484 e. The van der Waals surface area contributed by atoms with Crippen LogP contribution in [0.5, 0.6) is 5.75 Å². The fraction of sp³-hybridized carbons (Fsp3) is 0.500. The van der Waals surface area contributed by atoms with E-state index in [1.807, 2.05) is 63.2 Å². The van der Waals surface area contributed by atoms with Crippen molar-refractivity contribution in [3.63, 3.8) is 0 Å². The van der Waals surface area contributed by atoms with Crippen molar-refractivity contribution in [2.45, 2.75) is 63.1 Å². The molecule has 1 atom stereocenters. The number of carbonyl (C=O) groups is 1.